The quantitative estimate of drug-likeness (QED) is 0.267. The molecule has 1 unspecified atom stereocenters. The van der Waals surface area contributed by atoms with Crippen molar-refractivity contribution in [3.8, 4) is 0 Å². The van der Waals surface area contributed by atoms with Crippen molar-refractivity contribution >= 4 is 5.69 Å². The molecular formula is C31H37F2N3. The number of pyridine rings is 1. The number of nitrogens with one attached hydrogen (secondary N) is 2. The Labute approximate surface area is 214 Å². The zero-order valence-corrected chi connectivity index (χ0v) is 21.6. The van der Waals surface area contributed by atoms with E-state index < -0.39 is 11.5 Å². The van der Waals surface area contributed by atoms with Crippen molar-refractivity contribution in [1.82, 2.24) is 10.3 Å². The van der Waals surface area contributed by atoms with Gasteiger partial charge in [-0.05, 0) is 43.7 Å². The fraction of sp³-hybridized carbons (Fsp3) is 0.258. The minimum atomic E-state index is -2.74. The van der Waals surface area contributed by atoms with Crippen LogP contribution in [-0.2, 0) is 12.0 Å². The van der Waals surface area contributed by atoms with Crippen molar-refractivity contribution in [3.05, 3.63) is 133 Å². The van der Waals surface area contributed by atoms with Crippen LogP contribution in [0.5, 0.6) is 0 Å². The summed E-state index contributed by atoms with van der Waals surface area (Å²) in [4.78, 5) is 4.63. The van der Waals surface area contributed by atoms with Gasteiger partial charge in [-0.25, -0.2) is 8.78 Å². The maximum absolute atomic E-state index is 13.2. The van der Waals surface area contributed by atoms with Gasteiger partial charge < -0.3 is 10.6 Å². The van der Waals surface area contributed by atoms with E-state index >= 15 is 0 Å². The summed E-state index contributed by atoms with van der Waals surface area (Å²) in [6.45, 7) is 11.2. The van der Waals surface area contributed by atoms with E-state index in [1.807, 2.05) is 87.5 Å². The first-order chi connectivity index (χ1) is 17.3. The molecule has 1 aromatic heterocycles. The van der Waals surface area contributed by atoms with Crippen LogP contribution >= 0.6 is 0 Å². The number of hydrogen-bond acceptors (Lipinski definition) is 3. The molecule has 3 rings (SSSR count). The summed E-state index contributed by atoms with van der Waals surface area (Å²) >= 11 is 0. The Morgan fingerprint density at radius 3 is 2.22 bits per heavy atom. The summed E-state index contributed by atoms with van der Waals surface area (Å²) < 4.78 is 26.4. The van der Waals surface area contributed by atoms with Gasteiger partial charge in [0.15, 0.2) is 0 Å². The molecule has 0 aliphatic carbocycles. The average Bonchev–Trinajstić information content (AvgIpc) is 2.87. The van der Waals surface area contributed by atoms with Crippen LogP contribution in [0.1, 0.15) is 44.0 Å². The molecule has 2 aromatic carbocycles. The van der Waals surface area contributed by atoms with Crippen molar-refractivity contribution < 1.29 is 8.78 Å². The smallest absolute Gasteiger partial charge is 0.248 e. The fourth-order valence-corrected chi connectivity index (χ4v) is 3.61. The second-order valence-corrected chi connectivity index (χ2v) is 8.50. The Balaban J connectivity index is 0.00000222. The minimum Gasteiger partial charge on any atom is -0.357 e. The predicted octanol–water partition coefficient (Wildman–Crippen LogP) is 8.18. The van der Waals surface area contributed by atoms with E-state index in [2.05, 4.69) is 34.3 Å². The lowest BCUT2D eigenvalue weighted by molar-refractivity contribution is 0.0255. The van der Waals surface area contributed by atoms with Crippen LogP contribution in [0.3, 0.4) is 0 Å². The van der Waals surface area contributed by atoms with Crippen LogP contribution in [0, 0.1) is 6.92 Å². The number of nitrogens with zero attached hydrogens (tertiary/aromatic N) is 1. The molecule has 3 aromatic rings. The minimum absolute atomic E-state index is 0.318. The largest absolute Gasteiger partial charge is 0.357 e. The monoisotopic (exact) mass is 489 g/mol. The van der Waals surface area contributed by atoms with Gasteiger partial charge in [-0.15, -0.1) is 0 Å². The molecule has 0 aliphatic heterocycles. The Bertz CT molecular complexity index is 1100. The number of allylic oxidation sites excluding steroid dienone is 3. The number of benzene rings is 2. The molecule has 5 heteroatoms. The predicted molar refractivity (Wildman–Crippen MR) is 148 cm³/mol. The molecule has 0 bridgehead atoms. The van der Waals surface area contributed by atoms with E-state index in [0.717, 1.165) is 23.9 Å². The van der Waals surface area contributed by atoms with Crippen molar-refractivity contribution in [2.75, 3.05) is 5.32 Å². The topological polar surface area (TPSA) is 37.0 Å². The molecule has 1 atom stereocenters. The van der Waals surface area contributed by atoms with Gasteiger partial charge in [-0.2, -0.15) is 0 Å². The Hall–Kier alpha value is -3.73. The van der Waals surface area contributed by atoms with Gasteiger partial charge in [-0.3, -0.25) is 4.98 Å². The molecular weight excluding hydrogens is 452 g/mol. The summed E-state index contributed by atoms with van der Waals surface area (Å²) in [5.41, 5.74) is 3.19. The van der Waals surface area contributed by atoms with Gasteiger partial charge in [-0.1, -0.05) is 98.8 Å². The lowest BCUT2D eigenvalue weighted by atomic mass is 9.86. The van der Waals surface area contributed by atoms with Crippen LogP contribution in [0.25, 0.3) is 0 Å². The molecule has 0 saturated carbocycles. The molecule has 2 N–H and O–H groups in total. The highest BCUT2D eigenvalue weighted by molar-refractivity contribution is 5.49. The van der Waals surface area contributed by atoms with Crippen molar-refractivity contribution in [2.45, 2.75) is 52.0 Å². The van der Waals surface area contributed by atoms with Crippen LogP contribution < -0.4 is 10.6 Å². The van der Waals surface area contributed by atoms with Gasteiger partial charge in [0.2, 0.25) is 5.92 Å². The number of anilines is 1. The maximum Gasteiger partial charge on any atom is 0.248 e. The van der Waals surface area contributed by atoms with Gasteiger partial charge in [0, 0.05) is 24.7 Å². The first-order valence-electron chi connectivity index (χ1n) is 12.2. The standard InChI is InChI=1S/C29H31F2N3.C2H6/c1-23-15-17-26(18-16-23)33-24(2)34-29(27-14-8-11-21-32-27,22-25-12-6-4-7-13-25)20-10-5-9-19-28(3,30)31;1-2/h4-18,20-21,33-34H,2,19,22H2,1,3H3;1-2H3/b9-5-,20-10+;. The lowest BCUT2D eigenvalue weighted by Crippen LogP contribution is -2.44. The lowest BCUT2D eigenvalue weighted by Gasteiger charge is -2.34. The molecule has 1 heterocycles. The number of aromatic nitrogens is 1. The molecule has 0 radical (unpaired) electrons. The molecule has 3 nitrogen and oxygen atoms in total. The second kappa shape index (κ2) is 14.0. The Morgan fingerprint density at radius 2 is 1.61 bits per heavy atom. The third-order valence-electron chi connectivity index (χ3n) is 5.27. The van der Waals surface area contributed by atoms with Gasteiger partial charge in [0.05, 0.1) is 11.5 Å². The van der Waals surface area contributed by atoms with E-state index in [1.54, 1.807) is 18.3 Å². The maximum atomic E-state index is 13.2. The Morgan fingerprint density at radius 1 is 0.944 bits per heavy atom. The first kappa shape index (κ1) is 28.5. The molecule has 0 spiro atoms. The number of halogens is 2. The van der Waals surface area contributed by atoms with E-state index in [0.29, 0.717) is 12.2 Å². The summed E-state index contributed by atoms with van der Waals surface area (Å²) in [6.07, 6.45) is 8.87. The number of hydrogen-bond donors (Lipinski definition) is 2. The van der Waals surface area contributed by atoms with Crippen molar-refractivity contribution in [2.24, 2.45) is 0 Å². The molecule has 190 valence electrons. The summed E-state index contributed by atoms with van der Waals surface area (Å²) in [7, 11) is 0. The third-order valence-corrected chi connectivity index (χ3v) is 5.27. The summed E-state index contributed by atoms with van der Waals surface area (Å²) in [6, 6.07) is 23.8. The highest BCUT2D eigenvalue weighted by atomic mass is 19.3. The highest BCUT2D eigenvalue weighted by Crippen LogP contribution is 2.28. The summed E-state index contributed by atoms with van der Waals surface area (Å²) in [5.74, 6) is -2.14. The summed E-state index contributed by atoms with van der Waals surface area (Å²) in [5, 5.41) is 6.85. The van der Waals surface area contributed by atoms with Gasteiger partial charge in [0.25, 0.3) is 0 Å². The van der Waals surface area contributed by atoms with E-state index in [9.17, 15) is 8.78 Å². The van der Waals surface area contributed by atoms with Crippen LogP contribution in [0.4, 0.5) is 14.5 Å². The van der Waals surface area contributed by atoms with Gasteiger partial charge >= 0.3 is 0 Å². The zero-order chi connectivity index (χ0) is 26.4. The SMILES string of the molecule is C=C(Nc1ccc(C)cc1)NC(/C=C/C=C\CC(C)(F)F)(Cc1ccccc1)c1ccccn1.CC. The van der Waals surface area contributed by atoms with Crippen molar-refractivity contribution in [3.63, 3.8) is 0 Å². The fourth-order valence-electron chi connectivity index (χ4n) is 3.61. The molecule has 0 aliphatic rings. The molecule has 0 saturated heterocycles. The van der Waals surface area contributed by atoms with Gasteiger partial charge in [0.1, 0.15) is 5.54 Å². The van der Waals surface area contributed by atoms with Crippen LogP contribution in [0.2, 0.25) is 0 Å². The zero-order valence-electron chi connectivity index (χ0n) is 21.6. The Kier molecular flexibility index (Phi) is 11.1. The number of aryl methyl sites for hydroxylation is 1. The van der Waals surface area contributed by atoms with E-state index in [1.165, 1.54) is 11.6 Å². The normalized spacial score (nSPS) is 13.1. The molecule has 0 amide bonds. The average molecular weight is 490 g/mol. The highest BCUT2D eigenvalue weighted by Gasteiger charge is 2.31. The number of alkyl halides is 2. The molecule has 0 fully saturated rings. The second-order valence-electron chi connectivity index (χ2n) is 8.50. The van der Waals surface area contributed by atoms with Crippen LogP contribution in [-0.4, -0.2) is 10.9 Å². The first-order valence-corrected chi connectivity index (χ1v) is 12.2. The van der Waals surface area contributed by atoms with E-state index in [-0.39, 0.29) is 6.42 Å². The van der Waals surface area contributed by atoms with Crippen LogP contribution in [0.15, 0.2) is 116 Å². The number of rotatable bonds is 11. The molecule has 36 heavy (non-hydrogen) atoms. The van der Waals surface area contributed by atoms with E-state index in [4.69, 9.17) is 0 Å². The third kappa shape index (κ3) is 9.49. The van der Waals surface area contributed by atoms with Crippen molar-refractivity contribution in [1.29, 1.82) is 0 Å².